The number of ether oxygens (including phenoxy) is 1. The average molecular weight is 248 g/mol. The van der Waals surface area contributed by atoms with Gasteiger partial charge in [0.1, 0.15) is 12.2 Å². The summed E-state index contributed by atoms with van der Waals surface area (Å²) < 4.78 is 5.75. The maximum atomic E-state index is 12.0. The second kappa shape index (κ2) is 4.21. The lowest BCUT2D eigenvalue weighted by atomic mass is 9.90. The monoisotopic (exact) mass is 248 g/mol. The van der Waals surface area contributed by atoms with E-state index < -0.39 is 5.97 Å². The third kappa shape index (κ3) is 1.75. The summed E-state index contributed by atoms with van der Waals surface area (Å²) in [5.74, 6) is -0.986. The maximum Gasteiger partial charge on any atom is 0.327 e. The number of rotatable bonds is 2. The van der Waals surface area contributed by atoms with Gasteiger partial charge in [0.2, 0.25) is 5.78 Å². The number of hydrogen-bond acceptors (Lipinski definition) is 5. The fraction of sp³-hybridized carbons (Fsp3) is 0.333. The number of hydrogen-bond donors (Lipinski definition) is 0. The van der Waals surface area contributed by atoms with Crippen LogP contribution in [0.3, 0.4) is 0 Å². The van der Waals surface area contributed by atoms with Crippen LogP contribution < -0.4 is 0 Å². The molecule has 1 aliphatic rings. The van der Waals surface area contributed by atoms with Gasteiger partial charge in [-0.15, -0.1) is 0 Å². The molecule has 0 bridgehead atoms. The summed E-state index contributed by atoms with van der Waals surface area (Å²) in [6.45, 7) is 3.08. The van der Waals surface area contributed by atoms with Gasteiger partial charge in [0.25, 0.3) is 0 Å². The second-order valence-electron chi connectivity index (χ2n) is 4.07. The van der Waals surface area contributed by atoms with Crippen LogP contribution in [-0.4, -0.2) is 34.4 Å². The number of allylic oxidation sites excluding steroid dienone is 2. The lowest BCUT2D eigenvalue weighted by Gasteiger charge is -2.10. The summed E-state index contributed by atoms with van der Waals surface area (Å²) in [5.41, 5.74) is 1.17. The van der Waals surface area contributed by atoms with E-state index in [-0.39, 0.29) is 29.4 Å². The maximum absolute atomic E-state index is 12.0. The molecule has 0 fully saturated rings. The molecule has 0 atom stereocenters. The van der Waals surface area contributed by atoms with Crippen LogP contribution in [0, 0.1) is 0 Å². The van der Waals surface area contributed by atoms with Crippen LogP contribution in [0.5, 0.6) is 0 Å². The first-order chi connectivity index (χ1) is 8.45. The topological polar surface area (TPSA) is 78.3 Å². The first-order valence-corrected chi connectivity index (χ1v) is 5.37. The van der Waals surface area contributed by atoms with E-state index >= 15 is 0 Å². The Balaban J connectivity index is 2.43. The van der Waals surface area contributed by atoms with Crippen molar-refractivity contribution in [1.82, 2.24) is 9.78 Å². The molecule has 0 aliphatic heterocycles. The minimum atomic E-state index is -0.490. The highest BCUT2D eigenvalue weighted by Crippen LogP contribution is 2.24. The average Bonchev–Trinajstić information content (AvgIpc) is 2.77. The SMILES string of the molecule is COC(=O)Cn1cc2c(n1)C(=O)C(C)=C(C)C2=O. The summed E-state index contributed by atoms with van der Waals surface area (Å²) in [7, 11) is 1.26. The van der Waals surface area contributed by atoms with Crippen LogP contribution in [0.4, 0.5) is 0 Å². The lowest BCUT2D eigenvalue weighted by Crippen LogP contribution is -2.18. The molecule has 0 saturated heterocycles. The lowest BCUT2D eigenvalue weighted by molar-refractivity contribution is -0.141. The van der Waals surface area contributed by atoms with Crippen molar-refractivity contribution in [3.8, 4) is 0 Å². The number of carbonyl (C=O) groups excluding carboxylic acids is 3. The molecule has 0 radical (unpaired) electrons. The number of nitrogens with zero attached hydrogens (tertiary/aromatic N) is 2. The number of ketones is 2. The molecule has 0 amide bonds. The molecule has 94 valence electrons. The van der Waals surface area contributed by atoms with E-state index in [0.717, 1.165) is 0 Å². The highest BCUT2D eigenvalue weighted by atomic mass is 16.5. The standard InChI is InChI=1S/C12H12N2O4/c1-6-7(2)12(17)10-8(11(6)16)4-14(13-10)5-9(15)18-3/h4H,5H2,1-3H3. The van der Waals surface area contributed by atoms with Gasteiger partial charge in [-0.1, -0.05) is 0 Å². The van der Waals surface area contributed by atoms with E-state index in [2.05, 4.69) is 9.84 Å². The quantitative estimate of drug-likeness (QED) is 0.722. The van der Waals surface area contributed by atoms with Gasteiger partial charge in [0, 0.05) is 17.3 Å². The highest BCUT2D eigenvalue weighted by Gasteiger charge is 2.31. The van der Waals surface area contributed by atoms with Crippen molar-refractivity contribution in [2.75, 3.05) is 7.11 Å². The summed E-state index contributed by atoms with van der Waals surface area (Å²) in [6, 6.07) is 0. The molecule has 0 saturated carbocycles. The van der Waals surface area contributed by atoms with E-state index in [1.165, 1.54) is 18.0 Å². The first kappa shape index (κ1) is 12.2. The van der Waals surface area contributed by atoms with Crippen LogP contribution in [0.1, 0.15) is 34.7 Å². The smallest absolute Gasteiger partial charge is 0.327 e. The third-order valence-electron chi connectivity index (χ3n) is 2.98. The van der Waals surface area contributed by atoms with Gasteiger partial charge in [0.05, 0.1) is 12.7 Å². The molecule has 0 N–H and O–H groups in total. The summed E-state index contributed by atoms with van der Waals surface area (Å²) >= 11 is 0. The Kier molecular flexibility index (Phi) is 2.86. The minimum Gasteiger partial charge on any atom is -0.468 e. The zero-order valence-electron chi connectivity index (χ0n) is 10.3. The Hall–Kier alpha value is -2.24. The van der Waals surface area contributed by atoms with Crippen LogP contribution in [0.15, 0.2) is 17.3 Å². The molecule has 1 aromatic heterocycles. The van der Waals surface area contributed by atoms with Crippen molar-refractivity contribution >= 4 is 17.5 Å². The molecule has 1 aliphatic carbocycles. The Labute approximate surface area is 103 Å². The predicted molar refractivity (Wildman–Crippen MR) is 61.3 cm³/mol. The zero-order valence-corrected chi connectivity index (χ0v) is 10.3. The van der Waals surface area contributed by atoms with Gasteiger partial charge in [-0.3, -0.25) is 19.1 Å². The van der Waals surface area contributed by atoms with Crippen LogP contribution >= 0.6 is 0 Å². The minimum absolute atomic E-state index is 0.104. The Bertz CT molecular complexity index is 554. The fourth-order valence-electron chi connectivity index (χ4n) is 1.75. The second-order valence-corrected chi connectivity index (χ2v) is 4.07. The third-order valence-corrected chi connectivity index (χ3v) is 2.98. The number of esters is 1. The fourth-order valence-corrected chi connectivity index (χ4v) is 1.75. The number of fused-ring (bicyclic) bond motifs is 1. The largest absolute Gasteiger partial charge is 0.468 e. The Morgan fingerprint density at radius 3 is 2.50 bits per heavy atom. The van der Waals surface area contributed by atoms with Gasteiger partial charge < -0.3 is 4.74 Å². The molecule has 18 heavy (non-hydrogen) atoms. The van der Waals surface area contributed by atoms with Crippen LogP contribution in [0.25, 0.3) is 0 Å². The molecular formula is C12H12N2O4. The van der Waals surface area contributed by atoms with E-state index in [0.29, 0.717) is 11.1 Å². The molecule has 6 nitrogen and oxygen atoms in total. The number of Topliss-reactive ketones (excluding diaryl/α,β-unsaturated/α-hetero) is 2. The molecule has 1 heterocycles. The number of aromatic nitrogens is 2. The number of methoxy groups -OCH3 is 1. The van der Waals surface area contributed by atoms with Gasteiger partial charge in [-0.05, 0) is 13.8 Å². The van der Waals surface area contributed by atoms with Gasteiger partial charge in [-0.25, -0.2) is 0 Å². The summed E-state index contributed by atoms with van der Waals surface area (Å²) in [5, 5.41) is 3.97. The molecule has 0 aromatic carbocycles. The Morgan fingerprint density at radius 2 is 1.89 bits per heavy atom. The molecule has 0 unspecified atom stereocenters. The molecule has 1 aromatic rings. The molecule has 0 spiro atoms. The first-order valence-electron chi connectivity index (χ1n) is 5.37. The van der Waals surface area contributed by atoms with E-state index in [1.54, 1.807) is 13.8 Å². The van der Waals surface area contributed by atoms with Gasteiger partial charge in [0.15, 0.2) is 5.78 Å². The predicted octanol–water partition coefficient (Wildman–Crippen LogP) is 0.772. The van der Waals surface area contributed by atoms with Crippen molar-refractivity contribution in [3.63, 3.8) is 0 Å². The van der Waals surface area contributed by atoms with E-state index in [1.807, 2.05) is 0 Å². The Morgan fingerprint density at radius 1 is 1.28 bits per heavy atom. The van der Waals surface area contributed by atoms with Crippen molar-refractivity contribution in [3.05, 3.63) is 28.6 Å². The molecule has 2 rings (SSSR count). The normalized spacial score (nSPS) is 14.8. The van der Waals surface area contributed by atoms with Gasteiger partial charge >= 0.3 is 5.97 Å². The van der Waals surface area contributed by atoms with E-state index in [9.17, 15) is 14.4 Å². The zero-order chi connectivity index (χ0) is 13.4. The summed E-state index contributed by atoms with van der Waals surface area (Å²) in [4.78, 5) is 35.0. The summed E-state index contributed by atoms with van der Waals surface area (Å²) in [6.07, 6.45) is 1.41. The van der Waals surface area contributed by atoms with Crippen LogP contribution in [0.2, 0.25) is 0 Å². The van der Waals surface area contributed by atoms with Crippen molar-refractivity contribution in [2.45, 2.75) is 20.4 Å². The van der Waals surface area contributed by atoms with Crippen molar-refractivity contribution in [2.24, 2.45) is 0 Å². The van der Waals surface area contributed by atoms with E-state index in [4.69, 9.17) is 0 Å². The number of carbonyl (C=O) groups is 3. The van der Waals surface area contributed by atoms with Crippen molar-refractivity contribution in [1.29, 1.82) is 0 Å². The molecule has 6 heteroatoms. The van der Waals surface area contributed by atoms with Crippen molar-refractivity contribution < 1.29 is 19.1 Å². The van der Waals surface area contributed by atoms with Gasteiger partial charge in [-0.2, -0.15) is 5.10 Å². The highest BCUT2D eigenvalue weighted by molar-refractivity contribution is 6.25. The van der Waals surface area contributed by atoms with Crippen LogP contribution in [-0.2, 0) is 16.1 Å². The molecular weight excluding hydrogens is 236 g/mol.